The van der Waals surface area contributed by atoms with E-state index in [0.29, 0.717) is 5.92 Å². The van der Waals surface area contributed by atoms with Crippen molar-refractivity contribution in [3.63, 3.8) is 0 Å². The van der Waals surface area contributed by atoms with Gasteiger partial charge in [-0.25, -0.2) is 0 Å². The first-order valence-corrected chi connectivity index (χ1v) is 8.20. The van der Waals surface area contributed by atoms with Gasteiger partial charge in [-0.3, -0.25) is 0 Å². The Bertz CT molecular complexity index is 251. The summed E-state index contributed by atoms with van der Waals surface area (Å²) in [5.74, 6) is 1.33. The molecule has 0 spiro atoms. The largest absolute Gasteiger partial charge is 0.393 e. The summed E-state index contributed by atoms with van der Waals surface area (Å²) >= 11 is 0. The zero-order valence-corrected chi connectivity index (χ0v) is 13.0. The van der Waals surface area contributed by atoms with E-state index >= 15 is 0 Å². The van der Waals surface area contributed by atoms with Crippen LogP contribution in [0.5, 0.6) is 0 Å². The third kappa shape index (κ3) is 4.44. The average Bonchev–Trinajstić information content (AvgIpc) is 2.39. The molecular formula is C16H32N2O. The van der Waals surface area contributed by atoms with Gasteiger partial charge in [0, 0.05) is 12.6 Å². The van der Waals surface area contributed by atoms with E-state index < -0.39 is 0 Å². The molecule has 2 rings (SSSR count). The summed E-state index contributed by atoms with van der Waals surface area (Å²) in [5, 5.41) is 9.67. The van der Waals surface area contributed by atoms with Crippen LogP contribution < -0.4 is 0 Å². The molecule has 0 amide bonds. The number of nitrogens with zero attached hydrogens (tertiary/aromatic N) is 2. The summed E-state index contributed by atoms with van der Waals surface area (Å²) in [4.78, 5) is 5.31. The number of hydrogen-bond donors (Lipinski definition) is 1. The van der Waals surface area contributed by atoms with Crippen molar-refractivity contribution in [2.75, 3.05) is 32.7 Å². The van der Waals surface area contributed by atoms with Crippen molar-refractivity contribution < 1.29 is 5.11 Å². The number of likely N-dealkylation sites (tertiary alicyclic amines) is 2. The van der Waals surface area contributed by atoms with Crippen molar-refractivity contribution in [1.29, 1.82) is 0 Å². The summed E-state index contributed by atoms with van der Waals surface area (Å²) in [7, 11) is 0. The van der Waals surface area contributed by atoms with Gasteiger partial charge in [-0.2, -0.15) is 0 Å². The molecule has 2 fully saturated rings. The van der Waals surface area contributed by atoms with E-state index in [1.165, 1.54) is 58.4 Å². The Labute approximate surface area is 119 Å². The first kappa shape index (κ1) is 15.3. The van der Waals surface area contributed by atoms with Gasteiger partial charge in [0.05, 0.1) is 6.10 Å². The molecule has 0 aromatic heterocycles. The Morgan fingerprint density at radius 2 is 1.53 bits per heavy atom. The molecule has 2 aliphatic rings. The molecule has 2 aliphatic heterocycles. The average molecular weight is 268 g/mol. The number of aliphatic hydroxyl groups is 1. The predicted octanol–water partition coefficient (Wildman–Crippen LogP) is 2.20. The lowest BCUT2D eigenvalue weighted by Gasteiger charge is -2.42. The molecule has 0 aromatic rings. The van der Waals surface area contributed by atoms with Crippen LogP contribution >= 0.6 is 0 Å². The topological polar surface area (TPSA) is 26.7 Å². The maximum atomic E-state index is 9.67. The van der Waals surface area contributed by atoms with Gasteiger partial charge < -0.3 is 14.9 Å². The Morgan fingerprint density at radius 3 is 2.00 bits per heavy atom. The van der Waals surface area contributed by atoms with Crippen LogP contribution in [-0.4, -0.2) is 59.8 Å². The molecule has 19 heavy (non-hydrogen) atoms. The fourth-order valence-electron chi connectivity index (χ4n) is 3.75. The molecule has 3 nitrogen and oxygen atoms in total. The highest BCUT2D eigenvalue weighted by atomic mass is 16.3. The molecule has 1 N–H and O–H groups in total. The highest BCUT2D eigenvalue weighted by Crippen LogP contribution is 2.25. The molecule has 0 radical (unpaired) electrons. The maximum Gasteiger partial charge on any atom is 0.0541 e. The van der Waals surface area contributed by atoms with Gasteiger partial charge in [0.2, 0.25) is 0 Å². The van der Waals surface area contributed by atoms with Crippen LogP contribution in [0.15, 0.2) is 0 Å². The normalized spacial score (nSPS) is 27.0. The molecule has 112 valence electrons. The van der Waals surface area contributed by atoms with Gasteiger partial charge in [0.1, 0.15) is 0 Å². The lowest BCUT2D eigenvalue weighted by atomic mass is 9.90. The molecule has 0 bridgehead atoms. The van der Waals surface area contributed by atoms with Gasteiger partial charge >= 0.3 is 0 Å². The molecule has 2 heterocycles. The summed E-state index contributed by atoms with van der Waals surface area (Å²) in [5.41, 5.74) is 0. The van der Waals surface area contributed by atoms with Crippen LogP contribution in [0.2, 0.25) is 0 Å². The quantitative estimate of drug-likeness (QED) is 0.847. The van der Waals surface area contributed by atoms with Gasteiger partial charge in [-0.05, 0) is 70.6 Å². The van der Waals surface area contributed by atoms with Crippen LogP contribution in [0.3, 0.4) is 0 Å². The summed E-state index contributed by atoms with van der Waals surface area (Å²) in [6, 6.07) is 0.804. The zero-order valence-electron chi connectivity index (χ0n) is 13.0. The lowest BCUT2D eigenvalue weighted by Crippen LogP contribution is -2.49. The summed E-state index contributed by atoms with van der Waals surface area (Å²) < 4.78 is 0. The minimum absolute atomic E-state index is 0.116. The third-order valence-corrected chi connectivity index (χ3v) is 4.95. The molecular weight excluding hydrogens is 236 g/mol. The van der Waals surface area contributed by atoms with Crippen LogP contribution in [0.4, 0.5) is 0 Å². The smallest absolute Gasteiger partial charge is 0.0541 e. The monoisotopic (exact) mass is 268 g/mol. The standard InChI is InChI=1S/C16H32N2O/c1-13(2)12-17-8-6-16(7-9-17)18-10-4-15(5-11-18)14(3)19/h13-16,19H,4-12H2,1-3H3. The van der Waals surface area contributed by atoms with Crippen molar-refractivity contribution in [2.45, 2.75) is 58.6 Å². The molecule has 0 aromatic carbocycles. The second kappa shape index (κ2) is 7.05. The van der Waals surface area contributed by atoms with Gasteiger partial charge in [-0.15, -0.1) is 0 Å². The van der Waals surface area contributed by atoms with E-state index in [1.807, 2.05) is 6.92 Å². The number of aliphatic hydroxyl groups excluding tert-OH is 1. The van der Waals surface area contributed by atoms with E-state index in [1.54, 1.807) is 0 Å². The van der Waals surface area contributed by atoms with E-state index in [-0.39, 0.29) is 6.10 Å². The third-order valence-electron chi connectivity index (χ3n) is 4.95. The van der Waals surface area contributed by atoms with Crippen LogP contribution in [0.1, 0.15) is 46.5 Å². The second-order valence-corrected chi connectivity index (χ2v) is 7.04. The van der Waals surface area contributed by atoms with Crippen LogP contribution in [0, 0.1) is 11.8 Å². The summed E-state index contributed by atoms with van der Waals surface area (Å²) in [6.45, 7) is 12.8. The molecule has 0 aliphatic carbocycles. The maximum absolute atomic E-state index is 9.67. The van der Waals surface area contributed by atoms with Crippen molar-refractivity contribution >= 4 is 0 Å². The highest BCUT2D eigenvalue weighted by Gasteiger charge is 2.29. The minimum atomic E-state index is -0.116. The first-order chi connectivity index (χ1) is 9.06. The molecule has 3 heteroatoms. The Hall–Kier alpha value is -0.120. The number of hydrogen-bond acceptors (Lipinski definition) is 3. The predicted molar refractivity (Wildman–Crippen MR) is 80.3 cm³/mol. The molecule has 1 atom stereocenters. The summed E-state index contributed by atoms with van der Waals surface area (Å²) in [6.07, 6.45) is 4.93. The van der Waals surface area contributed by atoms with Gasteiger partial charge in [0.25, 0.3) is 0 Å². The van der Waals surface area contributed by atoms with Gasteiger partial charge in [-0.1, -0.05) is 13.8 Å². The minimum Gasteiger partial charge on any atom is -0.393 e. The highest BCUT2D eigenvalue weighted by molar-refractivity contribution is 4.84. The Balaban J connectivity index is 1.71. The van der Waals surface area contributed by atoms with Crippen molar-refractivity contribution in [3.05, 3.63) is 0 Å². The van der Waals surface area contributed by atoms with E-state index in [9.17, 15) is 5.11 Å². The molecule has 2 saturated heterocycles. The molecule has 1 unspecified atom stereocenters. The number of rotatable bonds is 4. The van der Waals surface area contributed by atoms with Crippen LogP contribution in [0.25, 0.3) is 0 Å². The fraction of sp³-hybridized carbons (Fsp3) is 1.00. The lowest BCUT2D eigenvalue weighted by molar-refractivity contribution is 0.0362. The molecule has 0 saturated carbocycles. The second-order valence-electron chi connectivity index (χ2n) is 7.04. The van der Waals surface area contributed by atoms with E-state index in [0.717, 1.165) is 12.0 Å². The SMILES string of the molecule is CC(C)CN1CCC(N2CCC(C(C)O)CC2)CC1. The number of piperidine rings is 2. The van der Waals surface area contributed by atoms with E-state index in [4.69, 9.17) is 0 Å². The van der Waals surface area contributed by atoms with Crippen molar-refractivity contribution in [3.8, 4) is 0 Å². The Morgan fingerprint density at radius 1 is 0.947 bits per heavy atom. The van der Waals surface area contributed by atoms with Crippen molar-refractivity contribution in [1.82, 2.24) is 9.80 Å². The van der Waals surface area contributed by atoms with E-state index in [2.05, 4.69) is 23.6 Å². The Kier molecular flexibility index (Phi) is 5.67. The van der Waals surface area contributed by atoms with Gasteiger partial charge in [0.15, 0.2) is 0 Å². The first-order valence-electron chi connectivity index (χ1n) is 8.20. The zero-order chi connectivity index (χ0) is 13.8. The van der Waals surface area contributed by atoms with Crippen molar-refractivity contribution in [2.24, 2.45) is 11.8 Å². The van der Waals surface area contributed by atoms with Crippen LogP contribution in [-0.2, 0) is 0 Å². The fourth-order valence-corrected chi connectivity index (χ4v) is 3.75.